The molecule has 0 fully saturated rings. The predicted molar refractivity (Wildman–Crippen MR) is 193 cm³/mol. The van der Waals surface area contributed by atoms with Gasteiger partial charge in [0.1, 0.15) is 5.52 Å². The van der Waals surface area contributed by atoms with Crippen LogP contribution in [0.5, 0.6) is 0 Å². The Morgan fingerprint density at radius 3 is 1.82 bits per heavy atom. The van der Waals surface area contributed by atoms with E-state index in [2.05, 4.69) is 180 Å². The molecule has 212 valence electrons. The van der Waals surface area contributed by atoms with Crippen molar-refractivity contribution in [3.8, 4) is 11.1 Å². The van der Waals surface area contributed by atoms with E-state index < -0.39 is 7.92 Å². The molecule has 0 bridgehead atoms. The SMILES string of the molecule is C[n+]1c2ccccc2n2c3ccccc3c3ccc(-c4ccc5cc(P(c6ccccc6)c6ccccc6)ccc5c4)cc3c21. The van der Waals surface area contributed by atoms with Crippen molar-refractivity contribution in [1.82, 2.24) is 4.40 Å². The van der Waals surface area contributed by atoms with Crippen molar-refractivity contribution < 1.29 is 4.57 Å². The van der Waals surface area contributed by atoms with Gasteiger partial charge in [0.05, 0.1) is 12.4 Å². The van der Waals surface area contributed by atoms with E-state index in [9.17, 15) is 0 Å². The molecule has 0 aliphatic heterocycles. The first-order valence-electron chi connectivity index (χ1n) is 15.4. The second-order valence-corrected chi connectivity index (χ2v) is 14.0. The van der Waals surface area contributed by atoms with Crippen molar-refractivity contribution >= 4 is 73.0 Å². The first kappa shape index (κ1) is 26.1. The second kappa shape index (κ2) is 10.4. The van der Waals surface area contributed by atoms with Crippen molar-refractivity contribution in [3.05, 3.63) is 164 Å². The zero-order valence-electron chi connectivity index (χ0n) is 24.9. The van der Waals surface area contributed by atoms with Crippen molar-refractivity contribution in [1.29, 1.82) is 0 Å². The van der Waals surface area contributed by atoms with E-state index in [-0.39, 0.29) is 0 Å². The molecule has 0 saturated carbocycles. The first-order valence-corrected chi connectivity index (χ1v) is 16.8. The number of para-hydroxylation sites is 3. The molecule has 2 aromatic heterocycles. The second-order valence-electron chi connectivity index (χ2n) is 11.7. The van der Waals surface area contributed by atoms with E-state index in [0.29, 0.717) is 0 Å². The summed E-state index contributed by atoms with van der Waals surface area (Å²) in [5.74, 6) is 0. The highest BCUT2D eigenvalue weighted by molar-refractivity contribution is 7.79. The molecule has 0 unspecified atom stereocenters. The molecule has 3 heteroatoms. The molecule has 7 aromatic carbocycles. The Morgan fingerprint density at radius 1 is 0.444 bits per heavy atom. The number of hydrogen-bond donors (Lipinski definition) is 0. The number of benzene rings is 7. The highest BCUT2D eigenvalue weighted by Gasteiger charge is 2.23. The van der Waals surface area contributed by atoms with Crippen molar-refractivity contribution in [2.45, 2.75) is 0 Å². The molecule has 0 spiro atoms. The Labute approximate surface area is 263 Å². The summed E-state index contributed by atoms with van der Waals surface area (Å²) in [4.78, 5) is 0. The number of nitrogens with zero attached hydrogens (tertiary/aromatic N) is 2. The zero-order valence-corrected chi connectivity index (χ0v) is 25.8. The molecule has 0 atom stereocenters. The van der Waals surface area contributed by atoms with Crippen LogP contribution in [0.25, 0.3) is 60.3 Å². The van der Waals surface area contributed by atoms with Crippen LogP contribution in [-0.4, -0.2) is 4.40 Å². The molecule has 9 rings (SSSR count). The number of rotatable bonds is 4. The maximum absolute atomic E-state index is 2.43. The summed E-state index contributed by atoms with van der Waals surface area (Å²) in [6.07, 6.45) is 0. The molecule has 9 aromatic rings. The summed E-state index contributed by atoms with van der Waals surface area (Å²) in [5.41, 5.74) is 7.37. The highest BCUT2D eigenvalue weighted by atomic mass is 31.1. The van der Waals surface area contributed by atoms with E-state index in [1.54, 1.807) is 0 Å². The van der Waals surface area contributed by atoms with E-state index in [0.717, 1.165) is 0 Å². The zero-order chi connectivity index (χ0) is 29.9. The average Bonchev–Trinajstić information content (AvgIpc) is 3.41. The lowest BCUT2D eigenvalue weighted by molar-refractivity contribution is -0.617. The fourth-order valence-electron chi connectivity index (χ4n) is 7.05. The lowest BCUT2D eigenvalue weighted by atomic mass is 9.97. The van der Waals surface area contributed by atoms with Crippen LogP contribution in [0.1, 0.15) is 0 Å². The number of aryl methyl sites for hydroxylation is 1. The topological polar surface area (TPSA) is 8.29 Å². The molecular weight excluding hydrogens is 563 g/mol. The van der Waals surface area contributed by atoms with Crippen molar-refractivity contribution in [2.24, 2.45) is 7.05 Å². The summed E-state index contributed by atoms with van der Waals surface area (Å²) in [6, 6.07) is 60.3. The summed E-state index contributed by atoms with van der Waals surface area (Å²) in [7, 11) is 1.55. The predicted octanol–water partition coefficient (Wildman–Crippen LogP) is 8.80. The van der Waals surface area contributed by atoms with E-state index >= 15 is 0 Å². The van der Waals surface area contributed by atoms with Gasteiger partial charge < -0.3 is 0 Å². The highest BCUT2D eigenvalue weighted by Crippen LogP contribution is 2.36. The van der Waals surface area contributed by atoms with E-state index in [4.69, 9.17) is 0 Å². The Bertz CT molecular complexity index is 2510. The molecule has 0 N–H and O–H groups in total. The van der Waals surface area contributed by atoms with Crippen LogP contribution in [0, 0.1) is 0 Å². The van der Waals surface area contributed by atoms with Gasteiger partial charge in [0, 0.05) is 10.8 Å². The maximum atomic E-state index is 2.43. The summed E-state index contributed by atoms with van der Waals surface area (Å²) >= 11 is 0. The number of fused-ring (bicyclic) bond motifs is 9. The van der Waals surface area contributed by atoms with Gasteiger partial charge in [-0.15, -0.1) is 0 Å². The summed E-state index contributed by atoms with van der Waals surface area (Å²) in [6.45, 7) is 0. The smallest absolute Gasteiger partial charge is 0.225 e. The van der Waals surface area contributed by atoms with Crippen LogP contribution >= 0.6 is 7.92 Å². The first-order chi connectivity index (χ1) is 22.2. The fraction of sp³-hybridized carbons (Fsp3) is 0.0238. The molecule has 0 aliphatic carbocycles. The van der Waals surface area contributed by atoms with Crippen LogP contribution in [0.3, 0.4) is 0 Å². The summed E-state index contributed by atoms with van der Waals surface area (Å²) < 4.78 is 4.77. The summed E-state index contributed by atoms with van der Waals surface area (Å²) in [5, 5.41) is 10.5. The average molecular weight is 594 g/mol. The van der Waals surface area contributed by atoms with Gasteiger partial charge in [0.2, 0.25) is 0 Å². The number of aromatic nitrogens is 2. The van der Waals surface area contributed by atoms with Crippen LogP contribution in [0.4, 0.5) is 0 Å². The lowest BCUT2D eigenvalue weighted by Crippen LogP contribution is -2.27. The Hall–Kier alpha value is -5.30. The third-order valence-corrected chi connectivity index (χ3v) is 11.6. The van der Waals surface area contributed by atoms with Crippen LogP contribution < -0.4 is 20.5 Å². The Morgan fingerprint density at radius 2 is 1.04 bits per heavy atom. The number of imidazole rings is 1. The standard InChI is InChI=1S/C42H30N2P/c1-43-40-18-10-11-19-41(40)44-39-17-9-8-16-37(39)36-25-23-32(28-38(36)42(43)44)29-20-21-31-27-35(24-22-30(31)26-29)45(33-12-4-2-5-13-33)34-14-6-3-7-15-34/h2-28H,1H3/q+1. The minimum atomic E-state index is -0.639. The minimum absolute atomic E-state index is 0.639. The van der Waals surface area contributed by atoms with Crippen LogP contribution in [0.15, 0.2) is 164 Å². The Balaban J connectivity index is 1.20. The molecule has 0 radical (unpaired) electrons. The van der Waals surface area contributed by atoms with Gasteiger partial charge in [-0.05, 0) is 82.1 Å². The number of pyridine rings is 1. The van der Waals surface area contributed by atoms with Gasteiger partial charge in [-0.1, -0.05) is 127 Å². The monoisotopic (exact) mass is 593 g/mol. The van der Waals surface area contributed by atoms with Gasteiger partial charge in [0.15, 0.2) is 11.0 Å². The van der Waals surface area contributed by atoms with Crippen molar-refractivity contribution in [3.63, 3.8) is 0 Å². The van der Waals surface area contributed by atoms with Gasteiger partial charge in [0.25, 0.3) is 5.65 Å². The third kappa shape index (κ3) is 4.18. The molecule has 2 nitrogen and oxygen atoms in total. The van der Waals surface area contributed by atoms with Crippen molar-refractivity contribution in [2.75, 3.05) is 0 Å². The van der Waals surface area contributed by atoms with Gasteiger partial charge in [-0.25, -0.2) is 4.57 Å². The molecule has 0 saturated heterocycles. The lowest BCUT2D eigenvalue weighted by Gasteiger charge is -2.20. The van der Waals surface area contributed by atoms with Crippen LogP contribution in [-0.2, 0) is 7.05 Å². The molecule has 45 heavy (non-hydrogen) atoms. The molecule has 0 aliphatic rings. The maximum Gasteiger partial charge on any atom is 0.295 e. The van der Waals surface area contributed by atoms with E-state index in [1.807, 2.05) is 0 Å². The van der Waals surface area contributed by atoms with Gasteiger partial charge in [-0.2, -0.15) is 4.40 Å². The molecule has 0 amide bonds. The minimum Gasteiger partial charge on any atom is -0.225 e. The number of hydrogen-bond acceptors (Lipinski definition) is 0. The normalized spacial score (nSPS) is 11.9. The van der Waals surface area contributed by atoms with Crippen LogP contribution in [0.2, 0.25) is 0 Å². The third-order valence-electron chi connectivity index (χ3n) is 9.15. The van der Waals surface area contributed by atoms with Gasteiger partial charge >= 0.3 is 0 Å². The fourth-order valence-corrected chi connectivity index (χ4v) is 9.38. The molecular formula is C42H30N2P+. The Kier molecular flexibility index (Phi) is 6.04. The molecule has 2 heterocycles. The van der Waals surface area contributed by atoms with Gasteiger partial charge in [-0.3, -0.25) is 0 Å². The quantitative estimate of drug-likeness (QED) is 0.110. The largest absolute Gasteiger partial charge is 0.295 e. The van der Waals surface area contributed by atoms with E-state index in [1.165, 1.54) is 76.2 Å².